The summed E-state index contributed by atoms with van der Waals surface area (Å²) in [5, 5.41) is 0.929. The van der Waals surface area contributed by atoms with Crippen molar-refractivity contribution in [3.63, 3.8) is 0 Å². The number of rotatable bonds is 3. The maximum absolute atomic E-state index is 11.3. The van der Waals surface area contributed by atoms with Crippen molar-refractivity contribution < 1.29 is 9.53 Å². The van der Waals surface area contributed by atoms with Gasteiger partial charge in [-0.15, -0.1) is 0 Å². The van der Waals surface area contributed by atoms with Gasteiger partial charge in [0.25, 0.3) is 0 Å². The second-order valence-electron chi connectivity index (χ2n) is 4.74. The van der Waals surface area contributed by atoms with Crippen LogP contribution in [0.15, 0.2) is 6.20 Å². The molecule has 0 aliphatic carbocycles. The van der Waals surface area contributed by atoms with Crippen LogP contribution in [0, 0.1) is 0 Å². The van der Waals surface area contributed by atoms with Gasteiger partial charge in [0.15, 0.2) is 10.9 Å². The van der Waals surface area contributed by atoms with Crippen LogP contribution in [0.5, 0.6) is 0 Å². The summed E-state index contributed by atoms with van der Waals surface area (Å²) in [6, 6.07) is 0. The van der Waals surface area contributed by atoms with E-state index < -0.39 is 0 Å². The highest BCUT2D eigenvalue weighted by atomic mass is 32.1. The van der Waals surface area contributed by atoms with E-state index in [0.29, 0.717) is 0 Å². The Labute approximate surface area is 106 Å². The lowest BCUT2D eigenvalue weighted by molar-refractivity contribution is -0.00466. The Hall–Kier alpha value is -0.940. The standard InChI is InChI=1S/C12H18N2O2S/c1-9(15)10-7-13-11(17-10)14-6-4-5-12(2,8-14)16-3/h7H,4-6,8H2,1-3H3. The molecule has 0 radical (unpaired) electrons. The first-order chi connectivity index (χ1) is 8.04. The number of anilines is 1. The SMILES string of the molecule is COC1(C)CCCN(c2ncc(C(C)=O)s2)C1. The molecule has 2 heterocycles. The maximum atomic E-state index is 11.3. The third-order valence-corrected chi connectivity index (χ3v) is 4.42. The van der Waals surface area contributed by atoms with Crippen LogP contribution in [-0.2, 0) is 4.74 Å². The molecular weight excluding hydrogens is 236 g/mol. The van der Waals surface area contributed by atoms with Crippen LogP contribution in [0.25, 0.3) is 0 Å². The number of carbonyl (C=O) groups is 1. The summed E-state index contributed by atoms with van der Waals surface area (Å²) in [6.45, 7) is 5.53. The molecule has 1 fully saturated rings. The van der Waals surface area contributed by atoms with Crippen molar-refractivity contribution in [1.82, 2.24) is 4.98 Å². The fourth-order valence-electron chi connectivity index (χ4n) is 2.11. The monoisotopic (exact) mass is 254 g/mol. The fourth-order valence-corrected chi connectivity index (χ4v) is 2.95. The molecule has 0 bridgehead atoms. The molecule has 4 nitrogen and oxygen atoms in total. The van der Waals surface area contributed by atoms with E-state index in [1.807, 2.05) is 0 Å². The number of nitrogens with zero attached hydrogens (tertiary/aromatic N) is 2. The number of carbonyl (C=O) groups excluding carboxylic acids is 1. The second-order valence-corrected chi connectivity index (χ2v) is 5.75. The largest absolute Gasteiger partial charge is 0.377 e. The summed E-state index contributed by atoms with van der Waals surface area (Å²) in [5.41, 5.74) is -0.0969. The summed E-state index contributed by atoms with van der Waals surface area (Å²) in [6.07, 6.45) is 3.84. The van der Waals surface area contributed by atoms with E-state index in [-0.39, 0.29) is 11.4 Å². The Morgan fingerprint density at radius 3 is 3.00 bits per heavy atom. The van der Waals surface area contributed by atoms with Gasteiger partial charge in [0.1, 0.15) is 0 Å². The minimum absolute atomic E-state index is 0.0836. The minimum atomic E-state index is -0.0969. The quantitative estimate of drug-likeness (QED) is 0.777. The highest BCUT2D eigenvalue weighted by Crippen LogP contribution is 2.30. The van der Waals surface area contributed by atoms with Crippen LogP contribution >= 0.6 is 11.3 Å². The summed E-state index contributed by atoms with van der Waals surface area (Å²) in [5.74, 6) is 0.0836. The van der Waals surface area contributed by atoms with Gasteiger partial charge < -0.3 is 9.64 Å². The van der Waals surface area contributed by atoms with Crippen molar-refractivity contribution in [2.45, 2.75) is 32.3 Å². The van der Waals surface area contributed by atoms with Gasteiger partial charge in [-0.05, 0) is 19.8 Å². The molecule has 0 N–H and O–H groups in total. The molecule has 17 heavy (non-hydrogen) atoms. The summed E-state index contributed by atoms with van der Waals surface area (Å²) >= 11 is 1.47. The predicted octanol–water partition coefficient (Wildman–Crippen LogP) is 2.35. The molecule has 0 aromatic carbocycles. The average molecular weight is 254 g/mol. The topological polar surface area (TPSA) is 42.4 Å². The Balaban J connectivity index is 2.13. The first-order valence-electron chi connectivity index (χ1n) is 5.81. The number of aromatic nitrogens is 1. The van der Waals surface area contributed by atoms with E-state index in [1.165, 1.54) is 11.3 Å². The van der Waals surface area contributed by atoms with E-state index in [1.54, 1.807) is 20.2 Å². The lowest BCUT2D eigenvalue weighted by Crippen LogP contribution is -2.47. The molecular formula is C12H18N2O2S. The van der Waals surface area contributed by atoms with Crippen molar-refractivity contribution in [3.8, 4) is 0 Å². The van der Waals surface area contributed by atoms with Crippen molar-refractivity contribution in [1.29, 1.82) is 0 Å². The molecule has 5 heteroatoms. The number of piperidine rings is 1. The molecule has 1 unspecified atom stereocenters. The molecule has 1 aliphatic heterocycles. The van der Waals surface area contributed by atoms with E-state index in [9.17, 15) is 4.79 Å². The third-order valence-electron chi connectivity index (χ3n) is 3.26. The fraction of sp³-hybridized carbons (Fsp3) is 0.667. The molecule has 0 amide bonds. The summed E-state index contributed by atoms with van der Waals surface area (Å²) in [4.78, 5) is 18.5. The van der Waals surface area contributed by atoms with Crippen LogP contribution in [0.1, 0.15) is 36.4 Å². The molecule has 1 aliphatic rings. The van der Waals surface area contributed by atoms with Gasteiger partial charge in [-0.1, -0.05) is 11.3 Å². The first kappa shape index (κ1) is 12.5. The molecule has 1 aromatic heterocycles. The second kappa shape index (κ2) is 4.74. The normalized spacial score (nSPS) is 25.0. The van der Waals surface area contributed by atoms with Crippen LogP contribution in [0.2, 0.25) is 0 Å². The number of ether oxygens (including phenoxy) is 1. The van der Waals surface area contributed by atoms with Gasteiger partial charge in [0.05, 0.1) is 16.7 Å². The highest BCUT2D eigenvalue weighted by Gasteiger charge is 2.32. The van der Waals surface area contributed by atoms with Gasteiger partial charge in [-0.2, -0.15) is 0 Å². The van der Waals surface area contributed by atoms with Gasteiger partial charge in [0, 0.05) is 27.1 Å². The highest BCUT2D eigenvalue weighted by molar-refractivity contribution is 7.17. The summed E-state index contributed by atoms with van der Waals surface area (Å²) in [7, 11) is 1.76. The van der Waals surface area contributed by atoms with E-state index >= 15 is 0 Å². The van der Waals surface area contributed by atoms with Crippen LogP contribution in [0.3, 0.4) is 0 Å². The van der Waals surface area contributed by atoms with E-state index in [4.69, 9.17) is 4.74 Å². The summed E-state index contributed by atoms with van der Waals surface area (Å²) < 4.78 is 5.55. The maximum Gasteiger partial charge on any atom is 0.186 e. The van der Waals surface area contributed by atoms with E-state index in [0.717, 1.165) is 35.9 Å². The number of ketones is 1. The van der Waals surface area contributed by atoms with Crippen LogP contribution in [0.4, 0.5) is 5.13 Å². The third kappa shape index (κ3) is 2.66. The number of hydrogen-bond acceptors (Lipinski definition) is 5. The molecule has 1 atom stereocenters. The molecule has 0 saturated carbocycles. The van der Waals surface area contributed by atoms with Gasteiger partial charge in [-0.3, -0.25) is 4.79 Å². The van der Waals surface area contributed by atoms with E-state index in [2.05, 4.69) is 16.8 Å². The smallest absolute Gasteiger partial charge is 0.186 e. The molecule has 1 aromatic rings. The van der Waals surface area contributed by atoms with Gasteiger partial charge in [-0.25, -0.2) is 4.98 Å². The molecule has 0 spiro atoms. The Bertz CT molecular complexity index is 418. The zero-order valence-corrected chi connectivity index (χ0v) is 11.3. The molecule has 1 saturated heterocycles. The van der Waals surface area contributed by atoms with Crippen molar-refractivity contribution >= 4 is 22.3 Å². The van der Waals surface area contributed by atoms with Crippen molar-refractivity contribution in [2.75, 3.05) is 25.1 Å². The predicted molar refractivity (Wildman–Crippen MR) is 69.0 cm³/mol. The van der Waals surface area contributed by atoms with Gasteiger partial charge >= 0.3 is 0 Å². The van der Waals surface area contributed by atoms with Gasteiger partial charge in [0.2, 0.25) is 0 Å². The van der Waals surface area contributed by atoms with Crippen molar-refractivity contribution in [2.24, 2.45) is 0 Å². The number of hydrogen-bond donors (Lipinski definition) is 0. The Kier molecular flexibility index (Phi) is 3.49. The lowest BCUT2D eigenvalue weighted by atomic mass is 9.95. The number of methoxy groups -OCH3 is 1. The zero-order valence-electron chi connectivity index (χ0n) is 10.5. The van der Waals surface area contributed by atoms with Crippen LogP contribution < -0.4 is 4.90 Å². The number of thiazole rings is 1. The van der Waals surface area contributed by atoms with Crippen molar-refractivity contribution in [3.05, 3.63) is 11.1 Å². The average Bonchev–Trinajstić information content (AvgIpc) is 2.78. The van der Waals surface area contributed by atoms with Crippen LogP contribution in [-0.4, -0.2) is 36.6 Å². The minimum Gasteiger partial charge on any atom is -0.377 e. The Morgan fingerprint density at radius 1 is 1.65 bits per heavy atom. The number of Topliss-reactive ketones (excluding diaryl/α,β-unsaturated/α-hetero) is 1. The molecule has 94 valence electrons. The Morgan fingerprint density at radius 2 is 2.41 bits per heavy atom. The lowest BCUT2D eigenvalue weighted by Gasteiger charge is -2.39. The zero-order chi connectivity index (χ0) is 12.5. The molecule has 2 rings (SSSR count). The first-order valence-corrected chi connectivity index (χ1v) is 6.62.